The standard InChI is InChI=1S/C15H24N2O3/c1-9(2)14-12(6-5-7-19-14)15(18)16-8-13-17-10(3)11(4)20-13/h9,12,14H,5-8H2,1-4H3,(H,16,18)/t12-,14-/m1/s1. The highest BCUT2D eigenvalue weighted by Gasteiger charge is 2.33. The van der Waals surface area contributed by atoms with Crippen molar-refractivity contribution in [1.29, 1.82) is 0 Å². The molecule has 1 aromatic heterocycles. The summed E-state index contributed by atoms with van der Waals surface area (Å²) in [4.78, 5) is 16.6. The lowest BCUT2D eigenvalue weighted by molar-refractivity contribution is -0.137. The van der Waals surface area contributed by atoms with Crippen molar-refractivity contribution < 1.29 is 13.9 Å². The zero-order valence-electron chi connectivity index (χ0n) is 12.7. The molecule has 5 heteroatoms. The normalized spacial score (nSPS) is 23.1. The SMILES string of the molecule is Cc1nc(CNC(=O)[C@@H]2CCCO[C@@H]2C(C)C)oc1C. The molecular weight excluding hydrogens is 256 g/mol. The third kappa shape index (κ3) is 3.39. The van der Waals surface area contributed by atoms with Gasteiger partial charge in [-0.3, -0.25) is 4.79 Å². The van der Waals surface area contributed by atoms with E-state index in [1.54, 1.807) is 0 Å². The topological polar surface area (TPSA) is 64.4 Å². The van der Waals surface area contributed by atoms with Gasteiger partial charge in [0, 0.05) is 6.61 Å². The molecule has 1 N–H and O–H groups in total. The van der Waals surface area contributed by atoms with E-state index in [-0.39, 0.29) is 17.9 Å². The van der Waals surface area contributed by atoms with Crippen LogP contribution in [0.2, 0.25) is 0 Å². The minimum absolute atomic E-state index is 0.0109. The second kappa shape index (κ2) is 6.39. The maximum atomic E-state index is 12.3. The van der Waals surface area contributed by atoms with Gasteiger partial charge in [-0.15, -0.1) is 0 Å². The van der Waals surface area contributed by atoms with Gasteiger partial charge < -0.3 is 14.5 Å². The number of ether oxygens (including phenoxy) is 1. The molecule has 0 unspecified atom stereocenters. The van der Waals surface area contributed by atoms with Gasteiger partial charge in [-0.05, 0) is 32.6 Å². The van der Waals surface area contributed by atoms with Crippen LogP contribution in [0.5, 0.6) is 0 Å². The zero-order chi connectivity index (χ0) is 14.7. The van der Waals surface area contributed by atoms with Crippen LogP contribution in [0.3, 0.4) is 0 Å². The van der Waals surface area contributed by atoms with Gasteiger partial charge in [0.15, 0.2) is 0 Å². The number of rotatable bonds is 4. The molecule has 112 valence electrons. The molecule has 0 saturated carbocycles. The number of aryl methyl sites for hydroxylation is 2. The maximum absolute atomic E-state index is 12.3. The van der Waals surface area contributed by atoms with E-state index in [0.717, 1.165) is 30.9 Å². The summed E-state index contributed by atoms with van der Waals surface area (Å²) in [5, 5.41) is 2.92. The molecule has 1 aromatic rings. The van der Waals surface area contributed by atoms with Crippen LogP contribution in [0.25, 0.3) is 0 Å². The van der Waals surface area contributed by atoms with Crippen LogP contribution >= 0.6 is 0 Å². The molecule has 1 fully saturated rings. The first-order valence-electron chi connectivity index (χ1n) is 7.31. The maximum Gasteiger partial charge on any atom is 0.226 e. The van der Waals surface area contributed by atoms with Crippen molar-refractivity contribution in [3.8, 4) is 0 Å². The summed E-state index contributed by atoms with van der Waals surface area (Å²) in [5.74, 6) is 1.68. The second-order valence-electron chi connectivity index (χ2n) is 5.80. The molecular formula is C15H24N2O3. The van der Waals surface area contributed by atoms with Crippen LogP contribution in [-0.2, 0) is 16.1 Å². The first-order chi connectivity index (χ1) is 9.49. The summed E-state index contributed by atoms with van der Waals surface area (Å²) in [7, 11) is 0. The van der Waals surface area contributed by atoms with E-state index < -0.39 is 0 Å². The largest absolute Gasteiger partial charge is 0.444 e. The van der Waals surface area contributed by atoms with Crippen LogP contribution < -0.4 is 5.32 Å². The molecule has 0 radical (unpaired) electrons. The molecule has 0 aliphatic carbocycles. The van der Waals surface area contributed by atoms with Crippen LogP contribution in [0, 0.1) is 25.7 Å². The number of nitrogens with zero attached hydrogens (tertiary/aromatic N) is 1. The smallest absolute Gasteiger partial charge is 0.226 e. The van der Waals surface area contributed by atoms with E-state index in [4.69, 9.17) is 9.15 Å². The Balaban J connectivity index is 1.93. The van der Waals surface area contributed by atoms with Gasteiger partial charge in [0.1, 0.15) is 5.76 Å². The lowest BCUT2D eigenvalue weighted by atomic mass is 9.87. The Morgan fingerprint density at radius 3 is 2.80 bits per heavy atom. The van der Waals surface area contributed by atoms with Crippen molar-refractivity contribution in [2.45, 2.75) is 53.2 Å². The number of aromatic nitrogens is 1. The Bertz CT molecular complexity index is 448. The van der Waals surface area contributed by atoms with Crippen molar-refractivity contribution in [1.82, 2.24) is 10.3 Å². The van der Waals surface area contributed by atoms with Crippen molar-refractivity contribution >= 4 is 5.91 Å². The average molecular weight is 280 g/mol. The Kier molecular flexibility index (Phi) is 4.81. The fraction of sp³-hybridized carbons (Fsp3) is 0.733. The quantitative estimate of drug-likeness (QED) is 0.919. The summed E-state index contributed by atoms with van der Waals surface area (Å²) in [5.41, 5.74) is 0.871. The molecule has 0 aromatic carbocycles. The number of hydrogen-bond donors (Lipinski definition) is 1. The monoisotopic (exact) mass is 280 g/mol. The van der Waals surface area contributed by atoms with E-state index >= 15 is 0 Å². The van der Waals surface area contributed by atoms with Crippen LogP contribution in [0.1, 0.15) is 44.0 Å². The van der Waals surface area contributed by atoms with Gasteiger partial charge in [-0.25, -0.2) is 4.98 Å². The van der Waals surface area contributed by atoms with Gasteiger partial charge >= 0.3 is 0 Å². The van der Waals surface area contributed by atoms with Crippen LogP contribution in [0.4, 0.5) is 0 Å². The molecule has 2 rings (SSSR count). The Morgan fingerprint density at radius 2 is 2.20 bits per heavy atom. The zero-order valence-corrected chi connectivity index (χ0v) is 12.7. The molecule has 2 heterocycles. The minimum Gasteiger partial charge on any atom is -0.444 e. The first-order valence-corrected chi connectivity index (χ1v) is 7.31. The average Bonchev–Trinajstić information content (AvgIpc) is 2.75. The lowest BCUT2D eigenvalue weighted by Crippen LogP contribution is -2.43. The number of hydrogen-bond acceptors (Lipinski definition) is 4. The number of oxazole rings is 1. The second-order valence-corrected chi connectivity index (χ2v) is 5.80. The van der Waals surface area contributed by atoms with Crippen molar-refractivity contribution in [2.75, 3.05) is 6.61 Å². The highest BCUT2D eigenvalue weighted by atomic mass is 16.5. The summed E-state index contributed by atoms with van der Waals surface area (Å²) in [6, 6.07) is 0. The molecule has 0 spiro atoms. The van der Waals surface area contributed by atoms with Crippen molar-refractivity contribution in [3.05, 3.63) is 17.3 Å². The number of amides is 1. The van der Waals surface area contributed by atoms with E-state index in [1.807, 2.05) is 13.8 Å². The predicted octanol–water partition coefficient (Wildman–Crippen LogP) is 2.36. The molecule has 1 aliphatic heterocycles. The third-order valence-corrected chi connectivity index (χ3v) is 3.85. The Morgan fingerprint density at radius 1 is 1.45 bits per heavy atom. The summed E-state index contributed by atoms with van der Waals surface area (Å²) in [6.07, 6.45) is 1.84. The van der Waals surface area contributed by atoms with Gasteiger partial charge in [0.25, 0.3) is 0 Å². The summed E-state index contributed by atoms with van der Waals surface area (Å²) >= 11 is 0. The predicted molar refractivity (Wildman–Crippen MR) is 75.1 cm³/mol. The highest BCUT2D eigenvalue weighted by Crippen LogP contribution is 2.26. The lowest BCUT2D eigenvalue weighted by Gasteiger charge is -2.33. The van der Waals surface area contributed by atoms with E-state index in [9.17, 15) is 4.79 Å². The number of nitrogens with one attached hydrogen (secondary N) is 1. The fourth-order valence-corrected chi connectivity index (χ4v) is 2.65. The molecule has 1 saturated heterocycles. The van der Waals surface area contributed by atoms with Gasteiger partial charge in [-0.1, -0.05) is 13.8 Å². The van der Waals surface area contributed by atoms with E-state index in [2.05, 4.69) is 24.1 Å². The molecule has 0 bridgehead atoms. The number of carbonyl (C=O) groups excluding carboxylic acids is 1. The van der Waals surface area contributed by atoms with Crippen molar-refractivity contribution in [2.24, 2.45) is 11.8 Å². The molecule has 2 atom stereocenters. The number of carbonyl (C=O) groups is 1. The van der Waals surface area contributed by atoms with Crippen LogP contribution in [0.15, 0.2) is 4.42 Å². The van der Waals surface area contributed by atoms with Crippen molar-refractivity contribution in [3.63, 3.8) is 0 Å². The molecule has 20 heavy (non-hydrogen) atoms. The van der Waals surface area contributed by atoms with Gasteiger partial charge in [0.2, 0.25) is 11.8 Å². The minimum atomic E-state index is -0.0686. The van der Waals surface area contributed by atoms with E-state index in [0.29, 0.717) is 18.4 Å². The molecule has 5 nitrogen and oxygen atoms in total. The van der Waals surface area contributed by atoms with Gasteiger partial charge in [-0.2, -0.15) is 0 Å². The third-order valence-electron chi connectivity index (χ3n) is 3.85. The Labute approximate surface area is 120 Å². The van der Waals surface area contributed by atoms with E-state index in [1.165, 1.54) is 0 Å². The Hall–Kier alpha value is -1.36. The first kappa shape index (κ1) is 15.0. The summed E-state index contributed by atoms with van der Waals surface area (Å²) in [6.45, 7) is 9.05. The van der Waals surface area contributed by atoms with Crippen LogP contribution in [-0.4, -0.2) is 23.6 Å². The molecule has 1 amide bonds. The molecule has 1 aliphatic rings. The van der Waals surface area contributed by atoms with Gasteiger partial charge in [0.05, 0.1) is 24.3 Å². The highest BCUT2D eigenvalue weighted by molar-refractivity contribution is 5.79. The summed E-state index contributed by atoms with van der Waals surface area (Å²) < 4.78 is 11.2. The fourth-order valence-electron chi connectivity index (χ4n) is 2.65.